The molecule has 1 N–H and O–H groups in total. The molecule has 2 rings (SSSR count). The Balaban J connectivity index is 2.22. The minimum atomic E-state index is -0.704. The van der Waals surface area contributed by atoms with Crippen LogP contribution in [-0.4, -0.2) is 16.1 Å². The molecule has 8 nitrogen and oxygen atoms in total. The van der Waals surface area contributed by atoms with Crippen molar-refractivity contribution in [1.82, 2.24) is 0 Å². The number of hydrogen-bond donors (Lipinski definition) is 1. The van der Waals surface area contributed by atoms with Crippen molar-refractivity contribution in [1.29, 1.82) is 0 Å². The zero-order valence-electron chi connectivity index (χ0n) is 11.0. The molecule has 0 aliphatic rings. The summed E-state index contributed by atoms with van der Waals surface area (Å²) in [5.41, 5.74) is 2.60. The van der Waals surface area contributed by atoms with Gasteiger partial charge in [0.2, 0.25) is 0 Å². The summed E-state index contributed by atoms with van der Waals surface area (Å²) in [6.07, 6.45) is 1.48. The summed E-state index contributed by atoms with van der Waals surface area (Å²) in [4.78, 5) is 20.2. The lowest BCUT2D eigenvalue weighted by Crippen LogP contribution is -1.98. The van der Waals surface area contributed by atoms with Crippen LogP contribution in [0.1, 0.15) is 5.56 Å². The van der Waals surface area contributed by atoms with Gasteiger partial charge in [-0.1, -0.05) is 28.1 Å². The predicted octanol–water partition coefficient (Wildman–Crippen LogP) is 3.71. The summed E-state index contributed by atoms with van der Waals surface area (Å²) in [6, 6.07) is 10.6. The van der Waals surface area contributed by atoms with Gasteiger partial charge in [-0.25, -0.2) is 0 Å². The third-order valence-electron chi connectivity index (χ3n) is 2.64. The summed E-state index contributed by atoms with van der Waals surface area (Å²) in [6.45, 7) is 0. The SMILES string of the molecule is O=[N+]([O-])c1ccc(N/N=C/c2cccc(Br)c2)c([N+](=O)[O-])c1. The molecule has 0 fully saturated rings. The number of hydrazone groups is 1. The Bertz CT molecular complexity index is 763. The lowest BCUT2D eigenvalue weighted by atomic mass is 10.2. The van der Waals surface area contributed by atoms with Crippen LogP contribution in [0.25, 0.3) is 0 Å². The molecule has 0 spiro atoms. The van der Waals surface area contributed by atoms with Crippen LogP contribution in [0.3, 0.4) is 0 Å². The smallest absolute Gasteiger partial charge is 0.272 e. The van der Waals surface area contributed by atoms with E-state index in [0.29, 0.717) is 0 Å². The molecule has 0 saturated heterocycles. The highest BCUT2D eigenvalue weighted by Crippen LogP contribution is 2.28. The molecule has 0 aliphatic heterocycles. The molecule has 0 aromatic heterocycles. The van der Waals surface area contributed by atoms with Gasteiger partial charge in [-0.2, -0.15) is 5.10 Å². The highest BCUT2D eigenvalue weighted by atomic mass is 79.9. The zero-order valence-corrected chi connectivity index (χ0v) is 12.6. The van der Waals surface area contributed by atoms with Gasteiger partial charge in [0.25, 0.3) is 5.69 Å². The molecule has 22 heavy (non-hydrogen) atoms. The van der Waals surface area contributed by atoms with E-state index < -0.39 is 15.5 Å². The van der Waals surface area contributed by atoms with Crippen LogP contribution in [0.4, 0.5) is 17.1 Å². The molecule has 0 heterocycles. The lowest BCUT2D eigenvalue weighted by Gasteiger charge is -2.02. The van der Waals surface area contributed by atoms with Gasteiger partial charge < -0.3 is 0 Å². The molecule has 0 unspecified atom stereocenters. The number of halogens is 1. The first kappa shape index (κ1) is 15.6. The third-order valence-corrected chi connectivity index (χ3v) is 3.13. The summed E-state index contributed by atoms with van der Waals surface area (Å²) in [5, 5.41) is 25.5. The van der Waals surface area contributed by atoms with Crippen LogP contribution in [0.5, 0.6) is 0 Å². The normalized spacial score (nSPS) is 10.6. The molecule has 9 heteroatoms. The van der Waals surface area contributed by atoms with E-state index in [1.54, 1.807) is 6.07 Å². The van der Waals surface area contributed by atoms with Crippen molar-refractivity contribution < 1.29 is 9.85 Å². The number of non-ortho nitro benzene ring substituents is 1. The minimum absolute atomic E-state index is 0.0712. The van der Waals surface area contributed by atoms with E-state index in [4.69, 9.17) is 0 Å². The second kappa shape index (κ2) is 6.76. The number of nitrogens with zero attached hydrogens (tertiary/aromatic N) is 3. The molecule has 112 valence electrons. The van der Waals surface area contributed by atoms with E-state index in [9.17, 15) is 20.2 Å². The van der Waals surface area contributed by atoms with Gasteiger partial charge in [0, 0.05) is 10.5 Å². The highest BCUT2D eigenvalue weighted by Gasteiger charge is 2.18. The summed E-state index contributed by atoms with van der Waals surface area (Å²) in [5.74, 6) is 0. The second-order valence-electron chi connectivity index (χ2n) is 4.14. The molecular weight excluding hydrogens is 356 g/mol. The average Bonchev–Trinajstić information content (AvgIpc) is 2.47. The Morgan fingerprint density at radius 3 is 2.50 bits per heavy atom. The minimum Gasteiger partial charge on any atom is -0.272 e. The first-order chi connectivity index (χ1) is 10.5. The Morgan fingerprint density at radius 2 is 1.86 bits per heavy atom. The quantitative estimate of drug-likeness (QED) is 0.493. The van der Waals surface area contributed by atoms with Gasteiger partial charge in [-0.05, 0) is 23.8 Å². The standard InChI is InChI=1S/C13H9BrN4O4/c14-10-3-1-2-9(6-10)8-15-16-12-5-4-11(17(19)20)7-13(12)18(21)22/h1-8,16H/b15-8+. The maximum atomic E-state index is 11.0. The molecule has 2 aromatic carbocycles. The fourth-order valence-electron chi connectivity index (χ4n) is 1.64. The van der Waals surface area contributed by atoms with E-state index in [-0.39, 0.29) is 11.4 Å². The van der Waals surface area contributed by atoms with Crippen molar-refractivity contribution >= 4 is 39.2 Å². The van der Waals surface area contributed by atoms with Crippen LogP contribution in [0, 0.1) is 20.2 Å². The molecule has 0 saturated carbocycles. The maximum Gasteiger partial charge on any atom is 0.301 e. The molecule has 0 aliphatic carbocycles. The van der Waals surface area contributed by atoms with Crippen molar-refractivity contribution in [2.75, 3.05) is 5.43 Å². The van der Waals surface area contributed by atoms with Gasteiger partial charge in [0.05, 0.1) is 22.1 Å². The number of benzene rings is 2. The van der Waals surface area contributed by atoms with Crippen molar-refractivity contribution in [3.8, 4) is 0 Å². The number of nitro groups is 2. The van der Waals surface area contributed by atoms with Gasteiger partial charge in [-0.15, -0.1) is 0 Å². The molecule has 0 amide bonds. The Labute approximate surface area is 132 Å². The van der Waals surface area contributed by atoms with Crippen LogP contribution in [-0.2, 0) is 0 Å². The lowest BCUT2D eigenvalue weighted by molar-refractivity contribution is -0.393. The van der Waals surface area contributed by atoms with Gasteiger partial charge in [0.15, 0.2) is 0 Å². The van der Waals surface area contributed by atoms with Gasteiger partial charge in [0.1, 0.15) is 5.69 Å². The van der Waals surface area contributed by atoms with E-state index in [1.807, 2.05) is 18.2 Å². The highest BCUT2D eigenvalue weighted by molar-refractivity contribution is 9.10. The number of hydrogen-bond acceptors (Lipinski definition) is 6. The van der Waals surface area contributed by atoms with Gasteiger partial charge >= 0.3 is 5.69 Å². The third kappa shape index (κ3) is 3.85. The number of anilines is 1. The Morgan fingerprint density at radius 1 is 1.09 bits per heavy atom. The Hall–Kier alpha value is -2.81. The van der Waals surface area contributed by atoms with Crippen molar-refractivity contribution in [3.63, 3.8) is 0 Å². The number of rotatable bonds is 5. The zero-order chi connectivity index (χ0) is 16.1. The Kier molecular flexibility index (Phi) is 4.79. The largest absolute Gasteiger partial charge is 0.301 e. The maximum absolute atomic E-state index is 11.0. The van der Waals surface area contributed by atoms with Crippen LogP contribution in [0.15, 0.2) is 52.0 Å². The summed E-state index contributed by atoms with van der Waals surface area (Å²) < 4.78 is 0.873. The van der Waals surface area contributed by atoms with E-state index >= 15 is 0 Å². The first-order valence-corrected chi connectivity index (χ1v) is 6.74. The van der Waals surface area contributed by atoms with Crippen LogP contribution >= 0.6 is 15.9 Å². The van der Waals surface area contributed by atoms with Crippen LogP contribution in [0.2, 0.25) is 0 Å². The summed E-state index contributed by atoms with van der Waals surface area (Å²) in [7, 11) is 0. The molecule has 2 aromatic rings. The second-order valence-corrected chi connectivity index (χ2v) is 5.06. The van der Waals surface area contributed by atoms with Crippen molar-refractivity contribution in [2.45, 2.75) is 0 Å². The predicted molar refractivity (Wildman–Crippen MR) is 85.1 cm³/mol. The monoisotopic (exact) mass is 364 g/mol. The van der Waals surface area contributed by atoms with Crippen molar-refractivity contribution in [2.24, 2.45) is 5.10 Å². The van der Waals surface area contributed by atoms with E-state index in [1.165, 1.54) is 18.3 Å². The fourth-order valence-corrected chi connectivity index (χ4v) is 2.06. The molecule has 0 atom stereocenters. The summed E-state index contributed by atoms with van der Waals surface area (Å²) >= 11 is 3.32. The fraction of sp³-hybridized carbons (Fsp3) is 0. The topological polar surface area (TPSA) is 111 Å². The number of nitro benzene ring substituents is 2. The number of nitrogens with one attached hydrogen (secondary N) is 1. The van der Waals surface area contributed by atoms with Crippen LogP contribution < -0.4 is 5.43 Å². The van der Waals surface area contributed by atoms with E-state index in [0.717, 1.165) is 16.1 Å². The molecule has 0 bridgehead atoms. The average molecular weight is 365 g/mol. The van der Waals surface area contributed by atoms with Crippen molar-refractivity contribution in [3.05, 3.63) is 72.7 Å². The molecule has 0 radical (unpaired) electrons. The van der Waals surface area contributed by atoms with E-state index in [2.05, 4.69) is 26.5 Å². The van der Waals surface area contributed by atoms with Gasteiger partial charge in [-0.3, -0.25) is 25.7 Å². The first-order valence-electron chi connectivity index (χ1n) is 5.95. The molecular formula is C13H9BrN4O4.